The van der Waals surface area contributed by atoms with E-state index in [0.29, 0.717) is 6.04 Å². The number of halogens is 1. The van der Waals surface area contributed by atoms with Crippen molar-refractivity contribution in [2.24, 2.45) is 7.05 Å². The topological polar surface area (TPSA) is 8.81 Å². The van der Waals surface area contributed by atoms with Gasteiger partial charge in [0.25, 0.3) is 5.82 Å². The van der Waals surface area contributed by atoms with E-state index in [9.17, 15) is 0 Å². The van der Waals surface area contributed by atoms with Crippen molar-refractivity contribution in [3.05, 3.63) is 30.4 Å². The second-order valence-corrected chi connectivity index (χ2v) is 8.51. The van der Waals surface area contributed by atoms with Crippen LogP contribution in [0.2, 0.25) is 0 Å². The zero-order valence-electron chi connectivity index (χ0n) is 19.3. The Morgan fingerprint density at radius 1 is 0.821 bits per heavy atom. The molecule has 0 bridgehead atoms. The monoisotopic (exact) mass is 410 g/mol. The van der Waals surface area contributed by atoms with Crippen molar-refractivity contribution in [1.82, 2.24) is 4.57 Å². The van der Waals surface area contributed by atoms with Gasteiger partial charge in [-0.2, -0.15) is 0 Å². The average Bonchev–Trinajstić information content (AvgIpc) is 3.02. The van der Waals surface area contributed by atoms with E-state index in [1.165, 1.54) is 102 Å². The first-order valence-electron chi connectivity index (χ1n) is 11.9. The maximum absolute atomic E-state index is 2.42. The SMILES string of the molecule is CCCCCCCC/C=C\CCCCCCCCc1n(C)cc[n+]1C(C)C.[Cl-]. The first-order chi connectivity index (χ1) is 13.2. The minimum Gasteiger partial charge on any atom is -1.00 e. The number of imidazole rings is 1. The number of hydrogen-bond donors (Lipinski definition) is 0. The molecule has 0 radical (unpaired) electrons. The smallest absolute Gasteiger partial charge is 0.256 e. The van der Waals surface area contributed by atoms with Crippen LogP contribution in [0, 0.1) is 0 Å². The summed E-state index contributed by atoms with van der Waals surface area (Å²) in [5.74, 6) is 1.47. The van der Waals surface area contributed by atoms with Gasteiger partial charge in [-0.25, -0.2) is 9.13 Å². The Labute approximate surface area is 182 Å². The Kier molecular flexibility index (Phi) is 17.8. The van der Waals surface area contributed by atoms with Gasteiger partial charge in [0.1, 0.15) is 12.4 Å². The lowest BCUT2D eigenvalue weighted by Crippen LogP contribution is -3.00. The molecular weight excluding hydrogens is 364 g/mol. The van der Waals surface area contributed by atoms with Crippen LogP contribution in [0.4, 0.5) is 0 Å². The Hall–Kier alpha value is -0.760. The van der Waals surface area contributed by atoms with Crippen molar-refractivity contribution in [2.75, 3.05) is 0 Å². The van der Waals surface area contributed by atoms with Crippen molar-refractivity contribution < 1.29 is 17.0 Å². The fourth-order valence-electron chi connectivity index (χ4n) is 3.83. The van der Waals surface area contributed by atoms with E-state index in [1.807, 2.05) is 0 Å². The zero-order chi connectivity index (χ0) is 19.7. The van der Waals surface area contributed by atoms with E-state index >= 15 is 0 Å². The summed E-state index contributed by atoms with van der Waals surface area (Å²) in [6, 6.07) is 0.565. The number of aromatic nitrogens is 2. The van der Waals surface area contributed by atoms with Gasteiger partial charge >= 0.3 is 0 Å². The molecule has 0 saturated carbocycles. The van der Waals surface area contributed by atoms with Crippen molar-refractivity contribution in [3.8, 4) is 0 Å². The minimum atomic E-state index is 0. The van der Waals surface area contributed by atoms with E-state index in [1.54, 1.807) is 0 Å². The van der Waals surface area contributed by atoms with Gasteiger partial charge < -0.3 is 12.4 Å². The van der Waals surface area contributed by atoms with Gasteiger partial charge in [0.05, 0.1) is 13.1 Å². The summed E-state index contributed by atoms with van der Waals surface area (Å²) >= 11 is 0. The van der Waals surface area contributed by atoms with Crippen molar-refractivity contribution in [3.63, 3.8) is 0 Å². The van der Waals surface area contributed by atoms with E-state index in [2.05, 4.69) is 61.5 Å². The molecule has 164 valence electrons. The minimum absolute atomic E-state index is 0. The third-order valence-corrected chi connectivity index (χ3v) is 5.62. The predicted molar refractivity (Wildman–Crippen MR) is 119 cm³/mol. The number of nitrogens with zero attached hydrogens (tertiary/aromatic N) is 2. The molecule has 0 aliphatic heterocycles. The van der Waals surface area contributed by atoms with Crippen LogP contribution in [0.15, 0.2) is 24.5 Å². The molecule has 0 saturated heterocycles. The van der Waals surface area contributed by atoms with Crippen LogP contribution in [-0.4, -0.2) is 4.57 Å². The summed E-state index contributed by atoms with van der Waals surface area (Å²) < 4.78 is 4.70. The van der Waals surface area contributed by atoms with Gasteiger partial charge in [0, 0.05) is 6.42 Å². The molecule has 1 heterocycles. The normalized spacial score (nSPS) is 11.5. The highest BCUT2D eigenvalue weighted by molar-refractivity contribution is 4.83. The van der Waals surface area contributed by atoms with E-state index in [0.717, 1.165) is 0 Å². The van der Waals surface area contributed by atoms with Crippen LogP contribution in [0.25, 0.3) is 0 Å². The number of rotatable bonds is 17. The van der Waals surface area contributed by atoms with Crippen LogP contribution in [0.1, 0.15) is 123 Å². The van der Waals surface area contributed by atoms with Gasteiger partial charge in [-0.05, 0) is 46.0 Å². The fraction of sp³-hybridized carbons (Fsp3) is 0.800. The van der Waals surface area contributed by atoms with Crippen LogP contribution in [0.5, 0.6) is 0 Å². The molecule has 0 aromatic carbocycles. The Morgan fingerprint density at radius 3 is 1.86 bits per heavy atom. The van der Waals surface area contributed by atoms with Gasteiger partial charge in [0.15, 0.2) is 0 Å². The molecule has 0 unspecified atom stereocenters. The standard InChI is InChI=1S/C25H47N2.ClH/c1-5-6-7-8-9-10-11-12-13-14-15-16-17-18-19-20-21-25-26(4)22-23-27(25)24(2)3;/h12-13,22-24H,5-11,14-21H2,1-4H3;1H/q+1;/p-1/b13-12-;. The lowest BCUT2D eigenvalue weighted by Gasteiger charge is -2.06. The molecular formula is C25H47ClN2. The maximum atomic E-state index is 2.42. The molecule has 0 atom stereocenters. The first-order valence-corrected chi connectivity index (χ1v) is 11.9. The van der Waals surface area contributed by atoms with E-state index in [-0.39, 0.29) is 12.4 Å². The van der Waals surface area contributed by atoms with E-state index < -0.39 is 0 Å². The van der Waals surface area contributed by atoms with Crippen LogP contribution in [-0.2, 0) is 13.5 Å². The summed E-state index contributed by atoms with van der Waals surface area (Å²) in [6.07, 6.45) is 29.8. The molecule has 0 fully saturated rings. The first kappa shape index (κ1) is 27.2. The summed E-state index contributed by atoms with van der Waals surface area (Å²) in [6.45, 7) is 6.83. The summed E-state index contributed by atoms with van der Waals surface area (Å²) in [5.41, 5.74) is 0. The number of unbranched alkanes of at least 4 members (excludes halogenated alkanes) is 12. The van der Waals surface area contributed by atoms with Crippen molar-refractivity contribution >= 4 is 0 Å². The zero-order valence-corrected chi connectivity index (χ0v) is 20.0. The van der Waals surface area contributed by atoms with Crippen molar-refractivity contribution in [2.45, 2.75) is 123 Å². The molecule has 1 rings (SSSR count). The predicted octanol–water partition coefficient (Wildman–Crippen LogP) is 4.48. The highest BCUT2D eigenvalue weighted by Crippen LogP contribution is 2.11. The Balaban J connectivity index is 0.00000729. The molecule has 0 N–H and O–H groups in total. The van der Waals surface area contributed by atoms with Crippen LogP contribution < -0.4 is 17.0 Å². The molecule has 2 nitrogen and oxygen atoms in total. The highest BCUT2D eigenvalue weighted by atomic mass is 35.5. The number of hydrogen-bond acceptors (Lipinski definition) is 0. The summed E-state index contributed by atoms with van der Waals surface area (Å²) in [5, 5.41) is 0. The Morgan fingerprint density at radius 2 is 1.32 bits per heavy atom. The lowest BCUT2D eigenvalue weighted by molar-refractivity contribution is -0.722. The summed E-state index contributed by atoms with van der Waals surface area (Å²) in [7, 11) is 2.17. The largest absolute Gasteiger partial charge is 1.00 e. The second kappa shape index (κ2) is 18.3. The van der Waals surface area contributed by atoms with Crippen LogP contribution >= 0.6 is 0 Å². The quantitative estimate of drug-likeness (QED) is 0.203. The Bertz CT molecular complexity index is 491. The van der Waals surface area contributed by atoms with Crippen molar-refractivity contribution in [1.29, 1.82) is 0 Å². The molecule has 28 heavy (non-hydrogen) atoms. The molecule has 1 aromatic heterocycles. The van der Waals surface area contributed by atoms with Gasteiger partial charge in [0.2, 0.25) is 0 Å². The summed E-state index contributed by atoms with van der Waals surface area (Å²) in [4.78, 5) is 0. The molecule has 0 aliphatic carbocycles. The third-order valence-electron chi connectivity index (χ3n) is 5.62. The molecule has 1 aromatic rings. The van der Waals surface area contributed by atoms with Crippen LogP contribution in [0.3, 0.4) is 0 Å². The van der Waals surface area contributed by atoms with Gasteiger partial charge in [-0.15, -0.1) is 0 Å². The molecule has 0 amide bonds. The highest BCUT2D eigenvalue weighted by Gasteiger charge is 2.15. The molecule has 3 heteroatoms. The number of allylic oxidation sites excluding steroid dienone is 2. The lowest BCUT2D eigenvalue weighted by atomic mass is 10.1. The fourth-order valence-corrected chi connectivity index (χ4v) is 3.83. The maximum Gasteiger partial charge on any atom is 0.256 e. The van der Waals surface area contributed by atoms with E-state index in [4.69, 9.17) is 0 Å². The molecule has 0 spiro atoms. The van der Waals surface area contributed by atoms with Gasteiger partial charge in [-0.1, -0.05) is 76.9 Å². The number of aryl methyl sites for hydroxylation is 1. The molecule has 0 aliphatic rings. The second-order valence-electron chi connectivity index (χ2n) is 8.51. The average molecular weight is 411 g/mol. The van der Waals surface area contributed by atoms with Gasteiger partial charge in [-0.3, -0.25) is 0 Å². The third kappa shape index (κ3) is 12.6.